The highest BCUT2D eigenvalue weighted by molar-refractivity contribution is 5.11. The van der Waals surface area contributed by atoms with Gasteiger partial charge in [-0.2, -0.15) is 0 Å². The molecule has 2 atom stereocenters. The average Bonchev–Trinajstić information content (AvgIpc) is 2.62. The number of aromatic nitrogens is 1. The minimum absolute atomic E-state index is 0.642. The molecule has 12 heavy (non-hydrogen) atoms. The largest absolute Gasteiger partial charge is 0.444 e. The van der Waals surface area contributed by atoms with Crippen LogP contribution < -0.4 is 5.32 Å². The fourth-order valence-corrected chi connectivity index (χ4v) is 1.45. The first kappa shape index (κ1) is 7.80. The lowest BCUT2D eigenvalue weighted by Crippen LogP contribution is -2.04. The lowest BCUT2D eigenvalue weighted by molar-refractivity contribution is 0.441. The molecule has 1 aromatic heterocycles. The summed E-state index contributed by atoms with van der Waals surface area (Å²) in [6.07, 6.45) is 3.12. The first-order valence-corrected chi connectivity index (χ1v) is 4.40. The number of nitrogens with zero attached hydrogens (tertiary/aromatic N) is 1. The van der Waals surface area contributed by atoms with Gasteiger partial charge in [0.1, 0.15) is 5.76 Å². The molecule has 2 rings (SSSR count). The van der Waals surface area contributed by atoms with Crippen LogP contribution in [-0.4, -0.2) is 12.0 Å². The second-order valence-electron chi connectivity index (χ2n) is 3.51. The minimum Gasteiger partial charge on any atom is -0.444 e. The Labute approximate surface area is 72.2 Å². The molecular formula is C9H14N2O. The molecule has 0 saturated heterocycles. The minimum atomic E-state index is 0.642. The van der Waals surface area contributed by atoms with E-state index in [4.69, 9.17) is 4.42 Å². The van der Waals surface area contributed by atoms with Gasteiger partial charge in [0.15, 0.2) is 0 Å². The lowest BCUT2D eigenvalue weighted by Gasteiger charge is -1.91. The van der Waals surface area contributed by atoms with Gasteiger partial charge in [-0.3, -0.25) is 0 Å². The molecule has 1 aliphatic carbocycles. The molecule has 2 unspecified atom stereocenters. The van der Waals surface area contributed by atoms with Crippen LogP contribution in [0.25, 0.3) is 0 Å². The molecule has 0 radical (unpaired) electrons. The van der Waals surface area contributed by atoms with Gasteiger partial charge in [-0.1, -0.05) is 6.92 Å². The van der Waals surface area contributed by atoms with Gasteiger partial charge < -0.3 is 9.73 Å². The Kier molecular flexibility index (Phi) is 1.89. The average molecular weight is 166 g/mol. The first-order valence-electron chi connectivity index (χ1n) is 4.40. The Morgan fingerprint density at radius 2 is 2.50 bits per heavy atom. The number of rotatable bonds is 3. The van der Waals surface area contributed by atoms with Crippen LogP contribution >= 0.6 is 0 Å². The molecule has 0 spiro atoms. The SMILES string of the molecule is CNCc1ncc(C2CC2C)o1. The maximum atomic E-state index is 5.54. The molecular weight excluding hydrogens is 152 g/mol. The Bertz CT molecular complexity index is 269. The van der Waals surface area contributed by atoms with E-state index in [0.717, 1.165) is 24.1 Å². The van der Waals surface area contributed by atoms with Crippen molar-refractivity contribution in [3.63, 3.8) is 0 Å². The van der Waals surface area contributed by atoms with Crippen molar-refractivity contribution in [3.05, 3.63) is 17.8 Å². The fraction of sp³-hybridized carbons (Fsp3) is 0.667. The monoisotopic (exact) mass is 166 g/mol. The van der Waals surface area contributed by atoms with Gasteiger partial charge in [0.2, 0.25) is 5.89 Å². The molecule has 1 fully saturated rings. The summed E-state index contributed by atoms with van der Waals surface area (Å²) in [7, 11) is 1.89. The molecule has 1 heterocycles. The molecule has 1 saturated carbocycles. The Hall–Kier alpha value is -0.830. The highest BCUT2D eigenvalue weighted by Gasteiger charge is 2.36. The van der Waals surface area contributed by atoms with Crippen LogP contribution in [0.3, 0.4) is 0 Å². The van der Waals surface area contributed by atoms with Gasteiger partial charge in [0.05, 0.1) is 12.7 Å². The van der Waals surface area contributed by atoms with E-state index in [0.29, 0.717) is 5.92 Å². The molecule has 0 bridgehead atoms. The van der Waals surface area contributed by atoms with Crippen LogP contribution in [-0.2, 0) is 6.54 Å². The number of oxazole rings is 1. The van der Waals surface area contributed by atoms with Crippen molar-refractivity contribution < 1.29 is 4.42 Å². The third-order valence-electron chi connectivity index (χ3n) is 2.37. The van der Waals surface area contributed by atoms with E-state index >= 15 is 0 Å². The number of hydrogen-bond acceptors (Lipinski definition) is 3. The maximum Gasteiger partial charge on any atom is 0.208 e. The summed E-state index contributed by atoms with van der Waals surface area (Å²) >= 11 is 0. The molecule has 0 aliphatic heterocycles. The third-order valence-corrected chi connectivity index (χ3v) is 2.37. The Morgan fingerprint density at radius 3 is 3.08 bits per heavy atom. The van der Waals surface area contributed by atoms with Crippen molar-refractivity contribution in [1.29, 1.82) is 0 Å². The lowest BCUT2D eigenvalue weighted by atomic mass is 10.3. The molecule has 3 heteroatoms. The maximum absolute atomic E-state index is 5.54. The smallest absolute Gasteiger partial charge is 0.208 e. The Balaban J connectivity index is 2.04. The van der Waals surface area contributed by atoms with Crippen LogP contribution in [0.1, 0.15) is 30.9 Å². The van der Waals surface area contributed by atoms with Gasteiger partial charge in [0, 0.05) is 5.92 Å². The highest BCUT2D eigenvalue weighted by Crippen LogP contribution is 2.46. The molecule has 3 nitrogen and oxygen atoms in total. The summed E-state index contributed by atoms with van der Waals surface area (Å²) in [4.78, 5) is 4.17. The summed E-state index contributed by atoms with van der Waals surface area (Å²) in [6, 6.07) is 0. The zero-order valence-electron chi connectivity index (χ0n) is 7.50. The van der Waals surface area contributed by atoms with E-state index < -0.39 is 0 Å². The van der Waals surface area contributed by atoms with E-state index in [1.165, 1.54) is 6.42 Å². The summed E-state index contributed by atoms with van der Waals surface area (Å²) in [5.41, 5.74) is 0. The predicted octanol–water partition coefficient (Wildman–Crippen LogP) is 1.52. The van der Waals surface area contributed by atoms with E-state index in [1.807, 2.05) is 13.2 Å². The molecule has 1 aromatic rings. The molecule has 66 valence electrons. The van der Waals surface area contributed by atoms with Crippen LogP contribution in [0.5, 0.6) is 0 Å². The summed E-state index contributed by atoms with van der Waals surface area (Å²) in [5.74, 6) is 3.29. The third kappa shape index (κ3) is 1.37. The van der Waals surface area contributed by atoms with Gasteiger partial charge in [0.25, 0.3) is 0 Å². The topological polar surface area (TPSA) is 38.1 Å². The van der Waals surface area contributed by atoms with Gasteiger partial charge in [-0.05, 0) is 19.4 Å². The van der Waals surface area contributed by atoms with Gasteiger partial charge in [-0.25, -0.2) is 4.98 Å². The van der Waals surface area contributed by atoms with Crippen molar-refractivity contribution in [2.75, 3.05) is 7.05 Å². The molecule has 1 aliphatic rings. The van der Waals surface area contributed by atoms with Crippen molar-refractivity contribution in [2.45, 2.75) is 25.8 Å². The van der Waals surface area contributed by atoms with Crippen molar-refractivity contribution >= 4 is 0 Å². The van der Waals surface area contributed by atoms with E-state index in [2.05, 4.69) is 17.2 Å². The first-order chi connectivity index (χ1) is 5.81. The van der Waals surface area contributed by atoms with Crippen LogP contribution in [0.2, 0.25) is 0 Å². The zero-order valence-corrected chi connectivity index (χ0v) is 7.50. The fourth-order valence-electron chi connectivity index (χ4n) is 1.45. The summed E-state index contributed by atoms with van der Waals surface area (Å²) < 4.78 is 5.54. The van der Waals surface area contributed by atoms with Gasteiger partial charge in [-0.15, -0.1) is 0 Å². The van der Waals surface area contributed by atoms with Crippen molar-refractivity contribution in [2.24, 2.45) is 5.92 Å². The number of nitrogens with one attached hydrogen (secondary N) is 1. The van der Waals surface area contributed by atoms with E-state index in [9.17, 15) is 0 Å². The quantitative estimate of drug-likeness (QED) is 0.739. The van der Waals surface area contributed by atoms with E-state index in [-0.39, 0.29) is 0 Å². The molecule has 0 amide bonds. The second-order valence-corrected chi connectivity index (χ2v) is 3.51. The standard InChI is InChI=1S/C9H14N2O/c1-6-3-7(6)8-4-11-9(12-8)5-10-2/h4,6-7,10H,3,5H2,1-2H3. The van der Waals surface area contributed by atoms with Crippen LogP contribution in [0.15, 0.2) is 10.6 Å². The second kappa shape index (κ2) is 2.90. The van der Waals surface area contributed by atoms with Gasteiger partial charge >= 0.3 is 0 Å². The van der Waals surface area contributed by atoms with Crippen molar-refractivity contribution in [3.8, 4) is 0 Å². The normalized spacial score (nSPS) is 27.5. The zero-order chi connectivity index (χ0) is 8.55. The van der Waals surface area contributed by atoms with Crippen LogP contribution in [0, 0.1) is 5.92 Å². The predicted molar refractivity (Wildman–Crippen MR) is 45.8 cm³/mol. The number of hydrogen-bond donors (Lipinski definition) is 1. The molecule has 0 aromatic carbocycles. The highest BCUT2D eigenvalue weighted by atomic mass is 16.4. The summed E-state index contributed by atoms with van der Waals surface area (Å²) in [5, 5.41) is 3.01. The van der Waals surface area contributed by atoms with Crippen molar-refractivity contribution in [1.82, 2.24) is 10.3 Å². The Morgan fingerprint density at radius 1 is 1.75 bits per heavy atom. The van der Waals surface area contributed by atoms with Crippen LogP contribution in [0.4, 0.5) is 0 Å². The molecule has 1 N–H and O–H groups in total. The summed E-state index contributed by atoms with van der Waals surface area (Å²) in [6.45, 7) is 2.96. The van der Waals surface area contributed by atoms with E-state index in [1.54, 1.807) is 0 Å².